The number of carbonyl (C=O) groups excluding carboxylic acids is 2. The van der Waals surface area contributed by atoms with Gasteiger partial charge in [0.1, 0.15) is 5.67 Å². The predicted octanol–water partition coefficient (Wildman–Crippen LogP) is 1.03. The first-order chi connectivity index (χ1) is 11.9. The van der Waals surface area contributed by atoms with Gasteiger partial charge in [0.25, 0.3) is 5.95 Å². The molecule has 1 saturated heterocycles. The summed E-state index contributed by atoms with van der Waals surface area (Å²) in [6.07, 6.45) is 4.21. The normalized spacial score (nSPS) is 28.6. The van der Waals surface area contributed by atoms with E-state index < -0.39 is 11.6 Å². The number of carbonyl (C=O) groups is 2. The number of likely N-dealkylation sites (tertiary alicyclic amines) is 1. The van der Waals surface area contributed by atoms with Gasteiger partial charge in [0.05, 0.1) is 6.54 Å². The molecule has 25 heavy (non-hydrogen) atoms. The minimum Gasteiger partial charge on any atom is -0.363 e. The molecular formula is C16H21F2N5O2. The van der Waals surface area contributed by atoms with Gasteiger partial charge >= 0.3 is 0 Å². The van der Waals surface area contributed by atoms with Crippen LogP contribution in [0.4, 0.5) is 14.6 Å². The number of hydrogen-bond donors (Lipinski definition) is 2. The third-order valence-electron chi connectivity index (χ3n) is 4.87. The van der Waals surface area contributed by atoms with Crippen molar-refractivity contribution in [2.24, 2.45) is 0 Å². The molecule has 2 aliphatic rings. The van der Waals surface area contributed by atoms with Crippen molar-refractivity contribution in [1.29, 1.82) is 0 Å². The lowest BCUT2D eigenvalue weighted by atomic mass is 9.77. The van der Waals surface area contributed by atoms with Crippen LogP contribution in [0.2, 0.25) is 0 Å². The van der Waals surface area contributed by atoms with Crippen LogP contribution in [0.5, 0.6) is 0 Å². The lowest BCUT2D eigenvalue weighted by Gasteiger charge is -2.41. The van der Waals surface area contributed by atoms with E-state index in [1.165, 1.54) is 12.4 Å². The van der Waals surface area contributed by atoms with Crippen LogP contribution in [0.1, 0.15) is 32.1 Å². The molecule has 1 aliphatic carbocycles. The third-order valence-corrected chi connectivity index (χ3v) is 4.87. The van der Waals surface area contributed by atoms with Gasteiger partial charge in [-0.2, -0.15) is 4.39 Å². The summed E-state index contributed by atoms with van der Waals surface area (Å²) < 4.78 is 27.9. The number of amides is 2. The summed E-state index contributed by atoms with van der Waals surface area (Å²) in [5, 5.41) is 5.41. The molecule has 1 saturated carbocycles. The van der Waals surface area contributed by atoms with Crippen molar-refractivity contribution in [3.63, 3.8) is 0 Å². The Kier molecular flexibility index (Phi) is 4.82. The van der Waals surface area contributed by atoms with E-state index in [1.54, 1.807) is 11.9 Å². The number of hydrogen-bond acceptors (Lipinski definition) is 5. The maximum absolute atomic E-state index is 14.5. The second-order valence-electron chi connectivity index (χ2n) is 6.77. The Balaban J connectivity index is 1.40. The molecule has 1 unspecified atom stereocenters. The summed E-state index contributed by atoms with van der Waals surface area (Å²) in [6.45, 7) is -0.0860. The SMILES string of the molecule is CN1C(=O)CCC1CC(=O)NCC1(F)CC(Nc2nccnc2F)C1. The van der Waals surface area contributed by atoms with Gasteiger partial charge in [-0.25, -0.2) is 14.4 Å². The van der Waals surface area contributed by atoms with Crippen LogP contribution in [-0.2, 0) is 9.59 Å². The standard InChI is InChI=1S/C16H21F2N5O2/c1-23-11(2-3-13(23)25)6-12(24)21-9-16(18)7-10(8-16)22-15-14(17)19-4-5-20-15/h4-5,10-11H,2-3,6-9H2,1H3,(H,20,22)(H,21,24). The van der Waals surface area contributed by atoms with Crippen molar-refractivity contribution in [2.75, 3.05) is 18.9 Å². The molecule has 136 valence electrons. The van der Waals surface area contributed by atoms with E-state index in [4.69, 9.17) is 0 Å². The lowest BCUT2D eigenvalue weighted by Crippen LogP contribution is -2.54. The maximum atomic E-state index is 14.5. The Morgan fingerprint density at radius 1 is 1.40 bits per heavy atom. The van der Waals surface area contributed by atoms with Crippen LogP contribution in [-0.4, -0.2) is 58.0 Å². The molecule has 0 radical (unpaired) electrons. The zero-order valence-electron chi connectivity index (χ0n) is 14.0. The first kappa shape index (κ1) is 17.5. The molecule has 2 amide bonds. The van der Waals surface area contributed by atoms with Crippen LogP contribution in [0.25, 0.3) is 0 Å². The lowest BCUT2D eigenvalue weighted by molar-refractivity contribution is -0.128. The molecule has 3 rings (SSSR count). The highest BCUT2D eigenvalue weighted by molar-refractivity contribution is 5.81. The number of anilines is 1. The second kappa shape index (κ2) is 6.89. The Bertz CT molecular complexity index is 666. The Labute approximate surface area is 144 Å². The van der Waals surface area contributed by atoms with E-state index >= 15 is 0 Å². The summed E-state index contributed by atoms with van der Waals surface area (Å²) in [4.78, 5) is 32.3. The van der Waals surface area contributed by atoms with Crippen LogP contribution < -0.4 is 10.6 Å². The van der Waals surface area contributed by atoms with Crippen molar-refractivity contribution in [3.05, 3.63) is 18.3 Å². The van der Waals surface area contributed by atoms with E-state index in [1.807, 2.05) is 0 Å². The number of nitrogens with one attached hydrogen (secondary N) is 2. The highest BCUT2D eigenvalue weighted by atomic mass is 19.1. The van der Waals surface area contributed by atoms with E-state index in [-0.39, 0.29) is 55.5 Å². The van der Waals surface area contributed by atoms with Crippen molar-refractivity contribution in [1.82, 2.24) is 20.2 Å². The quantitative estimate of drug-likeness (QED) is 0.798. The van der Waals surface area contributed by atoms with Crippen LogP contribution >= 0.6 is 0 Å². The minimum absolute atomic E-state index is 0.00697. The zero-order valence-corrected chi connectivity index (χ0v) is 14.0. The van der Waals surface area contributed by atoms with Crippen LogP contribution in [0.15, 0.2) is 12.4 Å². The molecule has 2 N–H and O–H groups in total. The van der Waals surface area contributed by atoms with Crippen LogP contribution in [0, 0.1) is 5.95 Å². The zero-order chi connectivity index (χ0) is 18.0. The van der Waals surface area contributed by atoms with Gasteiger partial charge in [-0.3, -0.25) is 9.59 Å². The van der Waals surface area contributed by atoms with Gasteiger partial charge in [-0.05, 0) is 6.42 Å². The molecule has 7 nitrogen and oxygen atoms in total. The molecule has 1 atom stereocenters. The largest absolute Gasteiger partial charge is 0.363 e. The highest BCUT2D eigenvalue weighted by Crippen LogP contribution is 2.37. The minimum atomic E-state index is -1.51. The Morgan fingerprint density at radius 3 is 2.76 bits per heavy atom. The van der Waals surface area contributed by atoms with E-state index in [0.717, 1.165) is 0 Å². The monoisotopic (exact) mass is 353 g/mol. The summed E-state index contributed by atoms with van der Waals surface area (Å²) in [7, 11) is 1.68. The van der Waals surface area contributed by atoms with Crippen molar-refractivity contribution >= 4 is 17.6 Å². The Hall–Kier alpha value is -2.32. The topological polar surface area (TPSA) is 87.2 Å². The van der Waals surface area contributed by atoms with E-state index in [9.17, 15) is 18.4 Å². The average molecular weight is 353 g/mol. The summed E-state index contributed by atoms with van der Waals surface area (Å²) in [5.74, 6) is -0.946. The van der Waals surface area contributed by atoms with Gasteiger partial charge < -0.3 is 15.5 Å². The second-order valence-corrected chi connectivity index (χ2v) is 6.77. The fraction of sp³-hybridized carbons (Fsp3) is 0.625. The molecule has 1 aromatic rings. The maximum Gasteiger partial charge on any atom is 0.255 e. The number of aromatic nitrogens is 2. The molecule has 0 bridgehead atoms. The number of rotatable bonds is 6. The Morgan fingerprint density at radius 2 is 2.12 bits per heavy atom. The van der Waals surface area contributed by atoms with Gasteiger partial charge in [0.2, 0.25) is 11.8 Å². The molecule has 0 aromatic carbocycles. The first-order valence-electron chi connectivity index (χ1n) is 8.31. The molecule has 2 heterocycles. The molecule has 0 spiro atoms. The average Bonchev–Trinajstić information content (AvgIpc) is 2.86. The van der Waals surface area contributed by atoms with Gasteiger partial charge in [-0.1, -0.05) is 0 Å². The fourth-order valence-corrected chi connectivity index (χ4v) is 3.33. The number of alkyl halides is 1. The molecular weight excluding hydrogens is 332 g/mol. The fourth-order valence-electron chi connectivity index (χ4n) is 3.33. The molecule has 1 aliphatic heterocycles. The van der Waals surface area contributed by atoms with Crippen molar-refractivity contribution in [3.8, 4) is 0 Å². The van der Waals surface area contributed by atoms with E-state index in [0.29, 0.717) is 12.8 Å². The van der Waals surface area contributed by atoms with Crippen molar-refractivity contribution in [2.45, 2.75) is 49.9 Å². The summed E-state index contributed by atoms with van der Waals surface area (Å²) in [6, 6.07) is -0.356. The van der Waals surface area contributed by atoms with E-state index in [2.05, 4.69) is 20.6 Å². The van der Waals surface area contributed by atoms with Crippen molar-refractivity contribution < 1.29 is 18.4 Å². The summed E-state index contributed by atoms with van der Waals surface area (Å²) in [5.41, 5.74) is -1.51. The first-order valence-corrected chi connectivity index (χ1v) is 8.31. The molecule has 9 heteroatoms. The van der Waals surface area contributed by atoms with Gasteiger partial charge in [-0.15, -0.1) is 0 Å². The highest BCUT2D eigenvalue weighted by Gasteiger charge is 2.45. The third kappa shape index (κ3) is 4.02. The number of halogens is 2. The molecule has 2 fully saturated rings. The van der Waals surface area contributed by atoms with Gasteiger partial charge in [0, 0.05) is 57.2 Å². The molecule has 1 aromatic heterocycles. The summed E-state index contributed by atoms with van der Waals surface area (Å²) >= 11 is 0. The predicted molar refractivity (Wildman–Crippen MR) is 85.9 cm³/mol. The van der Waals surface area contributed by atoms with Gasteiger partial charge in [0.15, 0.2) is 5.82 Å². The van der Waals surface area contributed by atoms with Crippen LogP contribution in [0.3, 0.4) is 0 Å². The smallest absolute Gasteiger partial charge is 0.255 e. The number of nitrogens with zero attached hydrogens (tertiary/aromatic N) is 3.